The van der Waals surface area contributed by atoms with Crippen molar-refractivity contribution >= 4 is 11.6 Å². The van der Waals surface area contributed by atoms with Crippen molar-refractivity contribution < 1.29 is 9.84 Å². The number of benzene rings is 1. The second kappa shape index (κ2) is 6.86. The van der Waals surface area contributed by atoms with Gasteiger partial charge in [-0.2, -0.15) is 0 Å². The maximum Gasteiger partial charge on any atom is 0.0928 e. The van der Waals surface area contributed by atoms with Gasteiger partial charge in [0, 0.05) is 30.8 Å². The standard InChI is InChI=1S/C12H18ClNO2/c1-9(16-2)7-14-8-12(15)10-5-3-4-6-11(10)13/h3-6,9,12,14-15H,7-8H2,1-2H3. The molecule has 4 heteroatoms. The number of ether oxygens (including phenoxy) is 1. The van der Waals surface area contributed by atoms with Crippen LogP contribution in [0.2, 0.25) is 5.02 Å². The van der Waals surface area contributed by atoms with Crippen LogP contribution in [0.5, 0.6) is 0 Å². The summed E-state index contributed by atoms with van der Waals surface area (Å²) in [6, 6.07) is 7.31. The van der Waals surface area contributed by atoms with Crippen LogP contribution in [-0.4, -0.2) is 31.4 Å². The molecule has 0 amide bonds. The Morgan fingerprint density at radius 1 is 1.38 bits per heavy atom. The Morgan fingerprint density at radius 3 is 2.69 bits per heavy atom. The van der Waals surface area contributed by atoms with Crippen LogP contribution >= 0.6 is 11.6 Å². The summed E-state index contributed by atoms with van der Waals surface area (Å²) in [5.41, 5.74) is 0.752. The summed E-state index contributed by atoms with van der Waals surface area (Å²) in [6.07, 6.45) is -0.448. The summed E-state index contributed by atoms with van der Waals surface area (Å²) in [7, 11) is 1.66. The van der Waals surface area contributed by atoms with Crippen LogP contribution in [0.3, 0.4) is 0 Å². The number of hydrogen-bond donors (Lipinski definition) is 2. The number of hydrogen-bond acceptors (Lipinski definition) is 3. The lowest BCUT2D eigenvalue weighted by atomic mass is 10.1. The van der Waals surface area contributed by atoms with E-state index in [1.165, 1.54) is 0 Å². The van der Waals surface area contributed by atoms with Crippen molar-refractivity contribution in [2.75, 3.05) is 20.2 Å². The average Bonchev–Trinajstić information content (AvgIpc) is 2.29. The van der Waals surface area contributed by atoms with Crippen molar-refractivity contribution in [1.82, 2.24) is 5.32 Å². The van der Waals surface area contributed by atoms with Crippen LogP contribution < -0.4 is 5.32 Å². The highest BCUT2D eigenvalue weighted by Crippen LogP contribution is 2.21. The zero-order valence-corrected chi connectivity index (χ0v) is 10.4. The first-order valence-electron chi connectivity index (χ1n) is 5.31. The number of methoxy groups -OCH3 is 1. The van der Waals surface area contributed by atoms with Gasteiger partial charge in [-0.05, 0) is 13.0 Å². The van der Waals surface area contributed by atoms with E-state index in [2.05, 4.69) is 5.32 Å². The SMILES string of the molecule is COC(C)CNCC(O)c1ccccc1Cl. The zero-order chi connectivity index (χ0) is 12.0. The van der Waals surface area contributed by atoms with E-state index in [0.29, 0.717) is 18.1 Å². The van der Waals surface area contributed by atoms with Gasteiger partial charge in [0.2, 0.25) is 0 Å². The Kier molecular flexibility index (Phi) is 5.77. The second-order valence-corrected chi connectivity index (χ2v) is 4.15. The first-order valence-corrected chi connectivity index (χ1v) is 5.69. The third kappa shape index (κ3) is 4.10. The van der Waals surface area contributed by atoms with Gasteiger partial charge in [0.1, 0.15) is 0 Å². The molecule has 0 radical (unpaired) electrons. The Labute approximate surface area is 101 Å². The molecule has 16 heavy (non-hydrogen) atoms. The Hall–Kier alpha value is -0.610. The fourth-order valence-corrected chi connectivity index (χ4v) is 1.62. The van der Waals surface area contributed by atoms with E-state index in [4.69, 9.17) is 16.3 Å². The molecule has 0 aliphatic rings. The van der Waals surface area contributed by atoms with E-state index in [1.54, 1.807) is 13.2 Å². The lowest BCUT2D eigenvalue weighted by Gasteiger charge is -2.15. The predicted molar refractivity (Wildman–Crippen MR) is 65.8 cm³/mol. The molecule has 2 unspecified atom stereocenters. The van der Waals surface area contributed by atoms with E-state index >= 15 is 0 Å². The summed E-state index contributed by atoms with van der Waals surface area (Å²) in [4.78, 5) is 0. The first-order chi connectivity index (χ1) is 7.65. The van der Waals surface area contributed by atoms with Crippen LogP contribution in [0.15, 0.2) is 24.3 Å². The van der Waals surface area contributed by atoms with Gasteiger partial charge in [0.25, 0.3) is 0 Å². The van der Waals surface area contributed by atoms with Crippen molar-refractivity contribution in [2.45, 2.75) is 19.1 Å². The fourth-order valence-electron chi connectivity index (χ4n) is 1.36. The topological polar surface area (TPSA) is 41.5 Å². The van der Waals surface area contributed by atoms with Crippen molar-refractivity contribution in [1.29, 1.82) is 0 Å². The molecule has 0 spiro atoms. The maximum atomic E-state index is 9.90. The molecule has 3 nitrogen and oxygen atoms in total. The minimum absolute atomic E-state index is 0.137. The molecular weight excluding hydrogens is 226 g/mol. The van der Waals surface area contributed by atoms with Crippen LogP contribution in [0.4, 0.5) is 0 Å². The van der Waals surface area contributed by atoms with Crippen LogP contribution in [0.25, 0.3) is 0 Å². The highest BCUT2D eigenvalue weighted by Gasteiger charge is 2.10. The Bertz CT molecular complexity index is 320. The third-order valence-electron chi connectivity index (χ3n) is 2.44. The van der Waals surface area contributed by atoms with Gasteiger partial charge in [0.15, 0.2) is 0 Å². The lowest BCUT2D eigenvalue weighted by molar-refractivity contribution is 0.109. The molecule has 1 aromatic carbocycles. The monoisotopic (exact) mass is 243 g/mol. The normalized spacial score (nSPS) is 14.8. The summed E-state index contributed by atoms with van der Waals surface area (Å²) in [5.74, 6) is 0. The van der Waals surface area contributed by atoms with Crippen LogP contribution in [0.1, 0.15) is 18.6 Å². The van der Waals surface area contributed by atoms with E-state index in [1.807, 2.05) is 25.1 Å². The predicted octanol–water partition coefficient (Wildman–Crippen LogP) is 2.00. The molecule has 0 heterocycles. The molecular formula is C12H18ClNO2. The molecule has 0 saturated heterocycles. The summed E-state index contributed by atoms with van der Waals surface area (Å²) < 4.78 is 5.09. The number of nitrogens with one attached hydrogen (secondary N) is 1. The van der Waals surface area contributed by atoms with Gasteiger partial charge >= 0.3 is 0 Å². The minimum atomic E-state index is -0.585. The van der Waals surface area contributed by atoms with Gasteiger partial charge in [-0.25, -0.2) is 0 Å². The molecule has 0 saturated carbocycles. The Morgan fingerprint density at radius 2 is 2.06 bits per heavy atom. The van der Waals surface area contributed by atoms with Crippen molar-refractivity contribution in [3.63, 3.8) is 0 Å². The molecule has 2 N–H and O–H groups in total. The minimum Gasteiger partial charge on any atom is -0.387 e. The van der Waals surface area contributed by atoms with Crippen molar-refractivity contribution in [3.8, 4) is 0 Å². The van der Waals surface area contributed by atoms with Crippen LogP contribution in [-0.2, 0) is 4.74 Å². The maximum absolute atomic E-state index is 9.90. The molecule has 0 fully saturated rings. The molecule has 0 aliphatic carbocycles. The quantitative estimate of drug-likeness (QED) is 0.803. The van der Waals surface area contributed by atoms with E-state index in [-0.39, 0.29) is 6.10 Å². The lowest BCUT2D eigenvalue weighted by Crippen LogP contribution is -2.29. The first kappa shape index (κ1) is 13.5. The average molecular weight is 244 g/mol. The van der Waals surface area contributed by atoms with E-state index in [0.717, 1.165) is 5.56 Å². The molecule has 0 bridgehead atoms. The molecule has 1 aromatic rings. The highest BCUT2D eigenvalue weighted by atomic mass is 35.5. The van der Waals surface area contributed by atoms with E-state index in [9.17, 15) is 5.11 Å². The van der Waals surface area contributed by atoms with Gasteiger partial charge < -0.3 is 15.2 Å². The molecule has 1 rings (SSSR count). The molecule has 0 aromatic heterocycles. The molecule has 2 atom stereocenters. The van der Waals surface area contributed by atoms with Gasteiger partial charge in [-0.15, -0.1) is 0 Å². The summed E-state index contributed by atoms with van der Waals surface area (Å²) in [5, 5.41) is 13.6. The molecule has 90 valence electrons. The third-order valence-corrected chi connectivity index (χ3v) is 2.78. The van der Waals surface area contributed by atoms with Gasteiger partial charge in [0.05, 0.1) is 12.2 Å². The fraction of sp³-hybridized carbons (Fsp3) is 0.500. The summed E-state index contributed by atoms with van der Waals surface area (Å²) >= 11 is 5.98. The highest BCUT2D eigenvalue weighted by molar-refractivity contribution is 6.31. The van der Waals surface area contributed by atoms with Crippen molar-refractivity contribution in [3.05, 3.63) is 34.9 Å². The smallest absolute Gasteiger partial charge is 0.0928 e. The van der Waals surface area contributed by atoms with Crippen LogP contribution in [0, 0.1) is 0 Å². The van der Waals surface area contributed by atoms with Gasteiger partial charge in [-0.1, -0.05) is 29.8 Å². The van der Waals surface area contributed by atoms with Crippen molar-refractivity contribution in [2.24, 2.45) is 0 Å². The zero-order valence-electron chi connectivity index (χ0n) is 9.61. The largest absolute Gasteiger partial charge is 0.387 e. The number of aliphatic hydroxyl groups excluding tert-OH is 1. The van der Waals surface area contributed by atoms with E-state index < -0.39 is 6.10 Å². The number of rotatable bonds is 6. The number of aliphatic hydroxyl groups is 1. The second-order valence-electron chi connectivity index (χ2n) is 3.74. The number of halogens is 1. The van der Waals surface area contributed by atoms with Gasteiger partial charge in [-0.3, -0.25) is 0 Å². The Balaban J connectivity index is 2.41. The molecule has 0 aliphatic heterocycles. The summed E-state index contributed by atoms with van der Waals surface area (Å²) in [6.45, 7) is 3.14.